The molecule has 2 nitrogen and oxygen atoms in total. The summed E-state index contributed by atoms with van der Waals surface area (Å²) in [5.74, 6) is 0. The van der Waals surface area contributed by atoms with Crippen LogP contribution in [0.25, 0.3) is 0 Å². The maximum atomic E-state index is 5.39. The van der Waals surface area contributed by atoms with Gasteiger partial charge < -0.3 is 10.1 Å². The minimum atomic E-state index is 0.443. The topological polar surface area (TPSA) is 21.3 Å². The normalized spacial score (nSPS) is 12.3. The lowest BCUT2D eigenvalue weighted by atomic mass is 10.0. The number of rotatable bonds is 10. The van der Waals surface area contributed by atoms with E-state index in [1.165, 1.54) is 24.8 Å². The maximum Gasteiger partial charge on any atom is 0.0645 e. The largest absolute Gasteiger partial charge is 0.376 e. The zero-order valence-electron chi connectivity index (χ0n) is 11.4. The number of benzene rings is 1. The van der Waals surface area contributed by atoms with Crippen molar-refractivity contribution < 1.29 is 4.74 Å². The molecular formula is C16H25NO. The Bertz CT molecular complexity index is 310. The Labute approximate surface area is 111 Å². The molecule has 1 rings (SSSR count). The number of ether oxygens (including phenoxy) is 1. The van der Waals surface area contributed by atoms with Crippen molar-refractivity contribution in [1.29, 1.82) is 0 Å². The summed E-state index contributed by atoms with van der Waals surface area (Å²) >= 11 is 0. The van der Waals surface area contributed by atoms with Crippen LogP contribution in [0.4, 0.5) is 0 Å². The average Bonchev–Trinajstić information content (AvgIpc) is 2.43. The highest BCUT2D eigenvalue weighted by Gasteiger charge is 2.09. The van der Waals surface area contributed by atoms with Crippen LogP contribution in [0.15, 0.2) is 43.0 Å². The van der Waals surface area contributed by atoms with Crippen molar-refractivity contribution in [3.05, 3.63) is 48.6 Å². The van der Waals surface area contributed by atoms with E-state index in [4.69, 9.17) is 4.74 Å². The lowest BCUT2D eigenvalue weighted by Gasteiger charge is -2.19. The molecule has 1 aromatic carbocycles. The first-order chi connectivity index (χ1) is 8.88. The molecule has 1 unspecified atom stereocenters. The molecule has 0 fully saturated rings. The molecule has 0 aliphatic heterocycles. The molecule has 0 amide bonds. The van der Waals surface area contributed by atoms with E-state index in [0.717, 1.165) is 13.2 Å². The van der Waals surface area contributed by atoms with Gasteiger partial charge in [0.15, 0.2) is 0 Å². The first kappa shape index (κ1) is 14.9. The van der Waals surface area contributed by atoms with E-state index in [1.807, 2.05) is 0 Å². The minimum absolute atomic E-state index is 0.443. The molecule has 2 heteroatoms. The summed E-state index contributed by atoms with van der Waals surface area (Å²) in [4.78, 5) is 0. The standard InChI is InChI=1S/C16H25NO/c1-3-5-11-16(15-9-7-6-8-10-15)17-12-14-18-13-4-2/h4,6-10,16-17H,2-3,5,11-14H2,1H3. The molecule has 0 aliphatic rings. The number of hydrogen-bond donors (Lipinski definition) is 1. The van der Waals surface area contributed by atoms with E-state index in [1.54, 1.807) is 6.08 Å². The summed E-state index contributed by atoms with van der Waals surface area (Å²) in [5.41, 5.74) is 1.37. The van der Waals surface area contributed by atoms with Gasteiger partial charge in [-0.15, -0.1) is 6.58 Å². The van der Waals surface area contributed by atoms with Crippen LogP contribution in [0, 0.1) is 0 Å². The molecule has 1 aromatic rings. The van der Waals surface area contributed by atoms with Gasteiger partial charge in [-0.1, -0.05) is 56.2 Å². The second-order valence-electron chi connectivity index (χ2n) is 4.42. The first-order valence-electron chi connectivity index (χ1n) is 6.85. The Balaban J connectivity index is 2.38. The third kappa shape index (κ3) is 5.99. The first-order valence-corrected chi connectivity index (χ1v) is 6.85. The van der Waals surface area contributed by atoms with Crippen LogP contribution in [0.5, 0.6) is 0 Å². The Kier molecular flexibility index (Phi) is 8.19. The summed E-state index contributed by atoms with van der Waals surface area (Å²) in [6.45, 7) is 8.12. The molecule has 0 saturated heterocycles. The zero-order chi connectivity index (χ0) is 13.1. The van der Waals surface area contributed by atoms with Crippen molar-refractivity contribution in [2.45, 2.75) is 32.2 Å². The summed E-state index contributed by atoms with van der Waals surface area (Å²) in [6, 6.07) is 11.1. The van der Waals surface area contributed by atoms with Crippen LogP contribution in [0.1, 0.15) is 37.8 Å². The summed E-state index contributed by atoms with van der Waals surface area (Å²) in [6.07, 6.45) is 5.45. The average molecular weight is 247 g/mol. The van der Waals surface area contributed by atoms with Gasteiger partial charge in [0.25, 0.3) is 0 Å². The van der Waals surface area contributed by atoms with Gasteiger partial charge in [-0.25, -0.2) is 0 Å². The fourth-order valence-electron chi connectivity index (χ4n) is 1.95. The van der Waals surface area contributed by atoms with Gasteiger partial charge in [-0.3, -0.25) is 0 Å². The van der Waals surface area contributed by atoms with Crippen molar-refractivity contribution >= 4 is 0 Å². The Morgan fingerprint density at radius 1 is 1.33 bits per heavy atom. The van der Waals surface area contributed by atoms with Crippen molar-refractivity contribution in [3.63, 3.8) is 0 Å². The van der Waals surface area contributed by atoms with Crippen LogP contribution in [-0.2, 0) is 4.74 Å². The highest BCUT2D eigenvalue weighted by molar-refractivity contribution is 5.18. The lowest BCUT2D eigenvalue weighted by Crippen LogP contribution is -2.25. The number of hydrogen-bond acceptors (Lipinski definition) is 2. The van der Waals surface area contributed by atoms with Crippen LogP contribution in [0.3, 0.4) is 0 Å². The van der Waals surface area contributed by atoms with Crippen LogP contribution >= 0.6 is 0 Å². The third-order valence-electron chi connectivity index (χ3n) is 2.92. The van der Waals surface area contributed by atoms with Gasteiger partial charge in [-0.05, 0) is 12.0 Å². The molecular weight excluding hydrogens is 222 g/mol. The Hall–Kier alpha value is -1.12. The highest BCUT2D eigenvalue weighted by atomic mass is 16.5. The number of nitrogens with one attached hydrogen (secondary N) is 1. The van der Waals surface area contributed by atoms with Gasteiger partial charge in [0.2, 0.25) is 0 Å². The smallest absolute Gasteiger partial charge is 0.0645 e. The van der Waals surface area contributed by atoms with Crippen molar-refractivity contribution in [2.75, 3.05) is 19.8 Å². The molecule has 18 heavy (non-hydrogen) atoms. The molecule has 0 heterocycles. The quantitative estimate of drug-likeness (QED) is 0.502. The number of unbranched alkanes of at least 4 members (excludes halogenated alkanes) is 1. The molecule has 0 radical (unpaired) electrons. The van der Waals surface area contributed by atoms with Crippen molar-refractivity contribution in [3.8, 4) is 0 Å². The lowest BCUT2D eigenvalue weighted by molar-refractivity contribution is 0.160. The van der Waals surface area contributed by atoms with E-state index >= 15 is 0 Å². The van der Waals surface area contributed by atoms with Crippen molar-refractivity contribution in [2.24, 2.45) is 0 Å². The van der Waals surface area contributed by atoms with Crippen LogP contribution < -0.4 is 5.32 Å². The Morgan fingerprint density at radius 2 is 2.11 bits per heavy atom. The second kappa shape index (κ2) is 9.86. The molecule has 0 bridgehead atoms. The van der Waals surface area contributed by atoms with Crippen LogP contribution in [0.2, 0.25) is 0 Å². The Morgan fingerprint density at radius 3 is 2.78 bits per heavy atom. The summed E-state index contributed by atoms with van der Waals surface area (Å²) < 4.78 is 5.39. The van der Waals surface area contributed by atoms with Gasteiger partial charge in [-0.2, -0.15) is 0 Å². The van der Waals surface area contributed by atoms with E-state index < -0.39 is 0 Å². The van der Waals surface area contributed by atoms with E-state index in [2.05, 4.69) is 49.2 Å². The highest BCUT2D eigenvalue weighted by Crippen LogP contribution is 2.18. The third-order valence-corrected chi connectivity index (χ3v) is 2.92. The predicted molar refractivity (Wildman–Crippen MR) is 77.7 cm³/mol. The van der Waals surface area contributed by atoms with Gasteiger partial charge >= 0.3 is 0 Å². The fourth-order valence-corrected chi connectivity index (χ4v) is 1.95. The van der Waals surface area contributed by atoms with E-state index in [0.29, 0.717) is 12.6 Å². The van der Waals surface area contributed by atoms with Gasteiger partial charge in [0.1, 0.15) is 0 Å². The summed E-state index contributed by atoms with van der Waals surface area (Å²) in [7, 11) is 0. The van der Waals surface area contributed by atoms with E-state index in [9.17, 15) is 0 Å². The monoisotopic (exact) mass is 247 g/mol. The van der Waals surface area contributed by atoms with Crippen LogP contribution in [-0.4, -0.2) is 19.8 Å². The SMILES string of the molecule is C=CCOCCNC(CCCC)c1ccccc1. The molecule has 0 aromatic heterocycles. The summed E-state index contributed by atoms with van der Waals surface area (Å²) in [5, 5.41) is 3.57. The fraction of sp³-hybridized carbons (Fsp3) is 0.500. The molecule has 100 valence electrons. The van der Waals surface area contributed by atoms with Gasteiger partial charge in [0.05, 0.1) is 13.2 Å². The molecule has 0 saturated carbocycles. The van der Waals surface area contributed by atoms with Crippen molar-refractivity contribution in [1.82, 2.24) is 5.32 Å². The molecule has 0 aliphatic carbocycles. The van der Waals surface area contributed by atoms with Gasteiger partial charge in [0, 0.05) is 12.6 Å². The molecule has 1 N–H and O–H groups in total. The minimum Gasteiger partial charge on any atom is -0.376 e. The maximum absolute atomic E-state index is 5.39. The van der Waals surface area contributed by atoms with E-state index in [-0.39, 0.29) is 0 Å². The molecule has 1 atom stereocenters. The second-order valence-corrected chi connectivity index (χ2v) is 4.42. The molecule has 0 spiro atoms. The predicted octanol–water partition coefficient (Wildman–Crippen LogP) is 3.71. The zero-order valence-corrected chi connectivity index (χ0v) is 11.4.